The van der Waals surface area contributed by atoms with E-state index in [4.69, 9.17) is 5.73 Å². The Bertz CT molecular complexity index is 326. The van der Waals surface area contributed by atoms with Gasteiger partial charge in [-0.1, -0.05) is 26.7 Å². The van der Waals surface area contributed by atoms with Crippen LogP contribution < -0.4 is 11.1 Å². The summed E-state index contributed by atoms with van der Waals surface area (Å²) in [7, 11) is 1.83. The predicted octanol–water partition coefficient (Wildman–Crippen LogP) is 1.59. The molecular weight excluding hydrogens is 252 g/mol. The van der Waals surface area contributed by atoms with Crippen LogP contribution >= 0.6 is 0 Å². The van der Waals surface area contributed by atoms with Gasteiger partial charge in [0.15, 0.2) is 5.96 Å². The molecular formula is C15H30N4O. The van der Waals surface area contributed by atoms with Gasteiger partial charge in [-0.25, -0.2) is 0 Å². The third-order valence-electron chi connectivity index (χ3n) is 4.22. The highest BCUT2D eigenvalue weighted by Crippen LogP contribution is 2.19. The minimum Gasteiger partial charge on any atom is -0.370 e. The molecule has 20 heavy (non-hydrogen) atoms. The van der Waals surface area contributed by atoms with Crippen molar-refractivity contribution in [3.05, 3.63) is 0 Å². The van der Waals surface area contributed by atoms with E-state index >= 15 is 0 Å². The van der Waals surface area contributed by atoms with Crippen molar-refractivity contribution in [3.8, 4) is 0 Å². The van der Waals surface area contributed by atoms with E-state index in [0.29, 0.717) is 18.3 Å². The molecule has 3 N–H and O–H groups in total. The maximum Gasteiger partial charge on any atom is 0.217 e. The number of amides is 1. The first kappa shape index (κ1) is 16.8. The van der Waals surface area contributed by atoms with Crippen LogP contribution in [0.4, 0.5) is 0 Å². The van der Waals surface area contributed by atoms with Crippen molar-refractivity contribution >= 4 is 11.9 Å². The van der Waals surface area contributed by atoms with Crippen LogP contribution in [0.15, 0.2) is 4.99 Å². The smallest absolute Gasteiger partial charge is 0.217 e. The SMILES string of the molecule is CCC(CC)CNC(=NC)N1CCCC(CC(N)=O)C1. The van der Waals surface area contributed by atoms with Gasteiger partial charge in [0, 0.05) is 33.1 Å². The van der Waals surface area contributed by atoms with Crippen LogP contribution in [0.25, 0.3) is 0 Å². The zero-order chi connectivity index (χ0) is 15.0. The van der Waals surface area contributed by atoms with Crippen LogP contribution in [-0.2, 0) is 4.79 Å². The zero-order valence-electron chi connectivity index (χ0n) is 13.2. The minimum atomic E-state index is -0.197. The van der Waals surface area contributed by atoms with E-state index in [1.54, 1.807) is 0 Å². The molecule has 0 saturated carbocycles. The summed E-state index contributed by atoms with van der Waals surface area (Å²) >= 11 is 0. The molecule has 1 atom stereocenters. The summed E-state index contributed by atoms with van der Waals surface area (Å²) in [4.78, 5) is 17.7. The molecule has 0 aromatic heterocycles. The monoisotopic (exact) mass is 282 g/mol. The van der Waals surface area contributed by atoms with Crippen molar-refractivity contribution in [3.63, 3.8) is 0 Å². The molecule has 116 valence electrons. The number of primary amides is 1. The van der Waals surface area contributed by atoms with Crippen LogP contribution in [0.3, 0.4) is 0 Å². The van der Waals surface area contributed by atoms with Gasteiger partial charge in [0.25, 0.3) is 0 Å². The summed E-state index contributed by atoms with van der Waals surface area (Å²) in [6.45, 7) is 7.31. The Morgan fingerprint density at radius 1 is 1.45 bits per heavy atom. The highest BCUT2D eigenvalue weighted by molar-refractivity contribution is 5.80. The Hall–Kier alpha value is -1.26. The number of likely N-dealkylation sites (tertiary alicyclic amines) is 1. The van der Waals surface area contributed by atoms with E-state index in [1.807, 2.05) is 7.05 Å². The summed E-state index contributed by atoms with van der Waals surface area (Å²) in [5, 5.41) is 3.47. The molecule has 1 heterocycles. The number of carbonyl (C=O) groups is 1. The second-order valence-corrected chi connectivity index (χ2v) is 5.74. The Morgan fingerprint density at radius 2 is 2.15 bits per heavy atom. The number of nitrogens with zero attached hydrogens (tertiary/aromatic N) is 2. The normalized spacial score (nSPS) is 20.3. The Labute approximate surface area is 123 Å². The molecule has 0 aromatic rings. The average Bonchev–Trinajstić information content (AvgIpc) is 2.43. The Balaban J connectivity index is 2.50. The molecule has 0 aromatic carbocycles. The standard InChI is InChI=1S/C15H30N4O/c1-4-12(5-2)10-18-15(17-3)19-8-6-7-13(11-19)9-14(16)20/h12-13H,4-11H2,1-3H3,(H2,16,20)(H,17,18). The van der Waals surface area contributed by atoms with Crippen molar-refractivity contribution in [2.24, 2.45) is 22.6 Å². The summed E-state index contributed by atoms with van der Waals surface area (Å²) in [6.07, 6.45) is 5.04. The van der Waals surface area contributed by atoms with Crippen LogP contribution in [0.1, 0.15) is 46.0 Å². The van der Waals surface area contributed by atoms with Gasteiger partial charge in [-0.05, 0) is 24.7 Å². The molecule has 0 aliphatic carbocycles. The molecule has 1 aliphatic heterocycles. The topological polar surface area (TPSA) is 70.7 Å². The molecule has 0 radical (unpaired) electrons. The van der Waals surface area contributed by atoms with Crippen molar-refractivity contribution < 1.29 is 4.79 Å². The third kappa shape index (κ3) is 5.39. The number of aliphatic imine (C=N–C) groups is 1. The zero-order valence-corrected chi connectivity index (χ0v) is 13.2. The van der Waals surface area contributed by atoms with Gasteiger partial charge >= 0.3 is 0 Å². The molecule has 5 nitrogen and oxygen atoms in total. The number of rotatable bonds is 6. The highest BCUT2D eigenvalue weighted by Gasteiger charge is 2.23. The fourth-order valence-corrected chi connectivity index (χ4v) is 2.85. The molecule has 1 aliphatic rings. The Morgan fingerprint density at radius 3 is 2.70 bits per heavy atom. The fourth-order valence-electron chi connectivity index (χ4n) is 2.85. The molecule has 1 saturated heterocycles. The van der Waals surface area contributed by atoms with Gasteiger partial charge in [-0.2, -0.15) is 0 Å². The van der Waals surface area contributed by atoms with Gasteiger partial charge in [-0.3, -0.25) is 9.79 Å². The summed E-state index contributed by atoms with van der Waals surface area (Å²) in [6, 6.07) is 0. The largest absolute Gasteiger partial charge is 0.370 e. The van der Waals surface area contributed by atoms with Gasteiger partial charge in [-0.15, -0.1) is 0 Å². The lowest BCUT2D eigenvalue weighted by Gasteiger charge is -2.35. The van der Waals surface area contributed by atoms with E-state index in [-0.39, 0.29) is 5.91 Å². The minimum absolute atomic E-state index is 0.197. The number of nitrogens with two attached hydrogens (primary N) is 1. The molecule has 1 fully saturated rings. The van der Waals surface area contributed by atoms with E-state index in [9.17, 15) is 4.79 Å². The van der Waals surface area contributed by atoms with Crippen LogP contribution in [0, 0.1) is 11.8 Å². The van der Waals surface area contributed by atoms with E-state index in [2.05, 4.69) is 29.1 Å². The summed E-state index contributed by atoms with van der Waals surface area (Å²) in [5.41, 5.74) is 5.31. The lowest BCUT2D eigenvalue weighted by atomic mass is 9.95. The lowest BCUT2D eigenvalue weighted by molar-refractivity contribution is -0.119. The van der Waals surface area contributed by atoms with Crippen molar-refractivity contribution in [2.75, 3.05) is 26.7 Å². The number of guanidine groups is 1. The van der Waals surface area contributed by atoms with Gasteiger partial charge in [0.05, 0.1) is 0 Å². The maximum atomic E-state index is 11.1. The van der Waals surface area contributed by atoms with Gasteiger partial charge in [0.1, 0.15) is 0 Å². The van der Waals surface area contributed by atoms with Crippen molar-refractivity contribution in [1.29, 1.82) is 0 Å². The molecule has 0 bridgehead atoms. The first-order valence-electron chi connectivity index (χ1n) is 7.84. The number of nitrogens with one attached hydrogen (secondary N) is 1. The van der Waals surface area contributed by atoms with Crippen LogP contribution in [0.2, 0.25) is 0 Å². The Kier molecular flexibility index (Phi) is 7.41. The number of piperidine rings is 1. The van der Waals surface area contributed by atoms with Gasteiger partial charge < -0.3 is 16.0 Å². The maximum absolute atomic E-state index is 11.1. The second-order valence-electron chi connectivity index (χ2n) is 5.74. The third-order valence-corrected chi connectivity index (χ3v) is 4.22. The van der Waals surface area contributed by atoms with Crippen molar-refractivity contribution in [2.45, 2.75) is 46.0 Å². The molecule has 1 unspecified atom stereocenters. The predicted molar refractivity (Wildman–Crippen MR) is 83.5 cm³/mol. The quantitative estimate of drug-likeness (QED) is 0.574. The van der Waals surface area contributed by atoms with Crippen molar-refractivity contribution in [1.82, 2.24) is 10.2 Å². The average molecular weight is 282 g/mol. The van der Waals surface area contributed by atoms with E-state index in [0.717, 1.165) is 38.4 Å². The fraction of sp³-hybridized carbons (Fsp3) is 0.867. The molecule has 1 rings (SSSR count). The number of hydrogen-bond donors (Lipinski definition) is 2. The molecule has 1 amide bonds. The second kappa shape index (κ2) is 8.82. The van der Waals surface area contributed by atoms with Crippen LogP contribution in [0.5, 0.6) is 0 Å². The summed E-state index contributed by atoms with van der Waals surface area (Å²) < 4.78 is 0. The first-order valence-corrected chi connectivity index (χ1v) is 7.84. The highest BCUT2D eigenvalue weighted by atomic mass is 16.1. The summed E-state index contributed by atoms with van der Waals surface area (Å²) in [5.74, 6) is 1.83. The van der Waals surface area contributed by atoms with Gasteiger partial charge in [0.2, 0.25) is 5.91 Å². The lowest BCUT2D eigenvalue weighted by Crippen LogP contribution is -2.48. The van der Waals surface area contributed by atoms with Crippen LogP contribution in [-0.4, -0.2) is 43.4 Å². The molecule has 0 spiro atoms. The van der Waals surface area contributed by atoms with E-state index < -0.39 is 0 Å². The van der Waals surface area contributed by atoms with E-state index in [1.165, 1.54) is 12.8 Å². The molecule has 5 heteroatoms. The number of carbonyl (C=O) groups excluding carboxylic acids is 1. The number of hydrogen-bond acceptors (Lipinski definition) is 2. The first-order chi connectivity index (χ1) is 9.60.